The van der Waals surface area contributed by atoms with Crippen molar-refractivity contribution < 1.29 is 14.3 Å². The standard InChI is InChI=1S/C22H22N2O3/c1-26-18-7-4-6-16(14-18)22(25)27-20-10-9-17(15-24-12-2-3-13-24)19-8-5-11-23-21(19)20/h4-11,14H,2-3,12-13,15H2,1H3. The number of esters is 1. The molecule has 1 aromatic heterocycles. The molecule has 4 rings (SSSR count). The lowest BCUT2D eigenvalue weighted by atomic mass is 10.1. The lowest BCUT2D eigenvalue weighted by Crippen LogP contribution is -2.18. The summed E-state index contributed by atoms with van der Waals surface area (Å²) in [5.41, 5.74) is 2.37. The van der Waals surface area contributed by atoms with Crippen LogP contribution < -0.4 is 9.47 Å². The first kappa shape index (κ1) is 17.5. The SMILES string of the molecule is COc1cccc(C(=O)Oc2ccc(CN3CCCC3)c3cccnc23)c1. The highest BCUT2D eigenvalue weighted by Gasteiger charge is 2.17. The second-order valence-corrected chi connectivity index (χ2v) is 6.73. The first-order valence-corrected chi connectivity index (χ1v) is 9.20. The van der Waals surface area contributed by atoms with Gasteiger partial charge in [-0.05, 0) is 61.8 Å². The average molecular weight is 362 g/mol. The number of aromatic nitrogens is 1. The molecular formula is C22H22N2O3. The molecule has 0 spiro atoms. The highest BCUT2D eigenvalue weighted by atomic mass is 16.5. The van der Waals surface area contributed by atoms with E-state index < -0.39 is 5.97 Å². The molecule has 1 aliphatic heterocycles. The highest BCUT2D eigenvalue weighted by Crippen LogP contribution is 2.29. The van der Waals surface area contributed by atoms with Crippen molar-refractivity contribution in [1.82, 2.24) is 9.88 Å². The summed E-state index contributed by atoms with van der Waals surface area (Å²) >= 11 is 0. The van der Waals surface area contributed by atoms with Crippen LogP contribution in [0.2, 0.25) is 0 Å². The van der Waals surface area contributed by atoms with Gasteiger partial charge in [-0.15, -0.1) is 0 Å². The van der Waals surface area contributed by atoms with Crippen molar-refractivity contribution in [2.24, 2.45) is 0 Å². The van der Waals surface area contributed by atoms with Crippen LogP contribution in [0.15, 0.2) is 54.7 Å². The van der Waals surface area contributed by atoms with E-state index in [1.807, 2.05) is 24.3 Å². The van der Waals surface area contributed by atoms with Crippen LogP contribution in [0.3, 0.4) is 0 Å². The molecule has 1 fully saturated rings. The zero-order chi connectivity index (χ0) is 18.6. The lowest BCUT2D eigenvalue weighted by molar-refractivity contribution is 0.0736. The Balaban J connectivity index is 1.63. The van der Waals surface area contributed by atoms with Crippen LogP contribution in [-0.4, -0.2) is 36.1 Å². The predicted molar refractivity (Wildman–Crippen MR) is 104 cm³/mol. The Kier molecular flexibility index (Phi) is 5.03. The summed E-state index contributed by atoms with van der Waals surface area (Å²) in [6.07, 6.45) is 4.24. The van der Waals surface area contributed by atoms with Gasteiger partial charge in [-0.1, -0.05) is 18.2 Å². The van der Waals surface area contributed by atoms with Gasteiger partial charge in [0.2, 0.25) is 0 Å². The number of likely N-dealkylation sites (tertiary alicyclic amines) is 1. The van der Waals surface area contributed by atoms with Crippen molar-refractivity contribution in [2.75, 3.05) is 20.2 Å². The number of hydrogen-bond donors (Lipinski definition) is 0. The Morgan fingerprint density at radius 3 is 2.78 bits per heavy atom. The Labute approximate surface area is 158 Å². The largest absolute Gasteiger partial charge is 0.497 e. The molecule has 138 valence electrons. The van der Waals surface area contributed by atoms with E-state index in [0.29, 0.717) is 22.6 Å². The quantitative estimate of drug-likeness (QED) is 0.506. The molecule has 1 aliphatic rings. The summed E-state index contributed by atoms with van der Waals surface area (Å²) in [7, 11) is 1.57. The number of pyridine rings is 1. The normalized spacial score (nSPS) is 14.4. The summed E-state index contributed by atoms with van der Waals surface area (Å²) in [4.78, 5) is 19.5. The molecule has 5 heteroatoms. The highest BCUT2D eigenvalue weighted by molar-refractivity contribution is 5.95. The molecule has 0 amide bonds. The maximum Gasteiger partial charge on any atom is 0.343 e. The van der Waals surface area contributed by atoms with Crippen LogP contribution in [-0.2, 0) is 6.54 Å². The summed E-state index contributed by atoms with van der Waals surface area (Å²) in [6, 6.07) is 14.8. The van der Waals surface area contributed by atoms with E-state index in [4.69, 9.17) is 9.47 Å². The summed E-state index contributed by atoms with van der Waals surface area (Å²) < 4.78 is 10.8. The van der Waals surface area contributed by atoms with E-state index in [0.717, 1.165) is 25.0 Å². The first-order valence-electron chi connectivity index (χ1n) is 9.20. The Hall–Kier alpha value is -2.92. The van der Waals surface area contributed by atoms with Gasteiger partial charge in [-0.2, -0.15) is 0 Å². The van der Waals surface area contributed by atoms with Gasteiger partial charge >= 0.3 is 5.97 Å². The van der Waals surface area contributed by atoms with Crippen LogP contribution in [0.4, 0.5) is 0 Å². The van der Waals surface area contributed by atoms with E-state index >= 15 is 0 Å². The molecule has 0 unspecified atom stereocenters. The molecule has 1 saturated heterocycles. The van der Waals surface area contributed by atoms with Crippen molar-refractivity contribution >= 4 is 16.9 Å². The second-order valence-electron chi connectivity index (χ2n) is 6.73. The van der Waals surface area contributed by atoms with Gasteiger partial charge in [-0.3, -0.25) is 9.88 Å². The zero-order valence-corrected chi connectivity index (χ0v) is 15.4. The van der Waals surface area contributed by atoms with Gasteiger partial charge in [0.15, 0.2) is 5.75 Å². The summed E-state index contributed by atoms with van der Waals surface area (Å²) in [5, 5.41) is 1.03. The van der Waals surface area contributed by atoms with Crippen molar-refractivity contribution in [3.05, 3.63) is 65.9 Å². The van der Waals surface area contributed by atoms with Crippen LogP contribution >= 0.6 is 0 Å². The Bertz CT molecular complexity index is 965. The van der Waals surface area contributed by atoms with E-state index in [9.17, 15) is 4.79 Å². The van der Waals surface area contributed by atoms with Crippen molar-refractivity contribution in [3.63, 3.8) is 0 Å². The van der Waals surface area contributed by atoms with Gasteiger partial charge < -0.3 is 9.47 Å². The predicted octanol–water partition coefficient (Wildman–Crippen LogP) is 4.06. The Morgan fingerprint density at radius 1 is 1.11 bits per heavy atom. The van der Waals surface area contributed by atoms with Gasteiger partial charge in [0.1, 0.15) is 11.3 Å². The van der Waals surface area contributed by atoms with Gasteiger partial charge in [-0.25, -0.2) is 4.79 Å². The van der Waals surface area contributed by atoms with Crippen LogP contribution in [0.5, 0.6) is 11.5 Å². The smallest absolute Gasteiger partial charge is 0.343 e. The van der Waals surface area contributed by atoms with Gasteiger partial charge in [0.25, 0.3) is 0 Å². The van der Waals surface area contributed by atoms with Gasteiger partial charge in [0, 0.05) is 18.1 Å². The fourth-order valence-electron chi connectivity index (χ4n) is 3.52. The Morgan fingerprint density at radius 2 is 1.96 bits per heavy atom. The number of methoxy groups -OCH3 is 1. The number of ether oxygens (including phenoxy) is 2. The van der Waals surface area contributed by atoms with E-state index in [1.165, 1.54) is 18.4 Å². The molecule has 0 bridgehead atoms. The number of hydrogen-bond acceptors (Lipinski definition) is 5. The number of fused-ring (bicyclic) bond motifs is 1. The third-order valence-electron chi connectivity index (χ3n) is 4.92. The molecule has 2 aromatic carbocycles. The van der Waals surface area contributed by atoms with Crippen molar-refractivity contribution in [3.8, 4) is 11.5 Å². The lowest BCUT2D eigenvalue weighted by Gasteiger charge is -2.17. The van der Waals surface area contributed by atoms with Crippen LogP contribution in [0.25, 0.3) is 10.9 Å². The minimum atomic E-state index is -0.423. The number of rotatable bonds is 5. The number of carbonyl (C=O) groups is 1. The molecule has 27 heavy (non-hydrogen) atoms. The maximum atomic E-state index is 12.6. The molecule has 3 aromatic rings. The van der Waals surface area contributed by atoms with Crippen LogP contribution in [0.1, 0.15) is 28.8 Å². The number of nitrogens with zero attached hydrogens (tertiary/aromatic N) is 2. The maximum absolute atomic E-state index is 12.6. The molecule has 0 atom stereocenters. The fourth-order valence-corrected chi connectivity index (χ4v) is 3.52. The monoisotopic (exact) mass is 362 g/mol. The van der Waals surface area contributed by atoms with E-state index in [1.54, 1.807) is 37.6 Å². The third-order valence-corrected chi connectivity index (χ3v) is 4.92. The molecule has 0 radical (unpaired) electrons. The average Bonchev–Trinajstić information content (AvgIpc) is 3.23. The fraction of sp³-hybridized carbons (Fsp3) is 0.273. The minimum absolute atomic E-state index is 0.423. The summed E-state index contributed by atoms with van der Waals surface area (Å²) in [5.74, 6) is 0.671. The minimum Gasteiger partial charge on any atom is -0.497 e. The topological polar surface area (TPSA) is 51.7 Å². The molecule has 0 N–H and O–H groups in total. The summed E-state index contributed by atoms with van der Waals surface area (Å²) in [6.45, 7) is 3.16. The molecule has 0 saturated carbocycles. The number of benzene rings is 2. The molecule has 5 nitrogen and oxygen atoms in total. The second kappa shape index (κ2) is 7.76. The number of carbonyl (C=O) groups excluding carboxylic acids is 1. The molecule has 0 aliphatic carbocycles. The van der Waals surface area contributed by atoms with Crippen LogP contribution in [0, 0.1) is 0 Å². The van der Waals surface area contributed by atoms with Crippen molar-refractivity contribution in [2.45, 2.75) is 19.4 Å². The zero-order valence-electron chi connectivity index (χ0n) is 15.4. The first-order chi connectivity index (χ1) is 13.2. The van der Waals surface area contributed by atoms with Crippen molar-refractivity contribution in [1.29, 1.82) is 0 Å². The molecule has 2 heterocycles. The van der Waals surface area contributed by atoms with E-state index in [-0.39, 0.29) is 0 Å². The van der Waals surface area contributed by atoms with Gasteiger partial charge in [0.05, 0.1) is 12.7 Å². The van der Waals surface area contributed by atoms with E-state index in [2.05, 4.69) is 9.88 Å². The third kappa shape index (κ3) is 3.78. The molecular weight excluding hydrogens is 340 g/mol.